The standard InChI is InChI=1S/C19H19ClN2O4/c20-14-8-9-16(23)22(12-14)17(18(24)13-5-2-1-3-6-13)19(25)21-11-15-7-4-10-26-15/h1-3,5-6,8-9,12,15,17H,4,7,10-11H2,(H,21,25)/t15-,17+/m1/s1. The number of amides is 1. The SMILES string of the molecule is O=C(NC[C@H]1CCCO1)[C@H](C(=O)c1ccccc1)n1cc(Cl)ccc1=O. The number of halogens is 1. The van der Waals surface area contributed by atoms with E-state index in [4.69, 9.17) is 16.3 Å². The Balaban J connectivity index is 1.90. The maximum atomic E-state index is 13.0. The Hall–Kier alpha value is -2.44. The summed E-state index contributed by atoms with van der Waals surface area (Å²) in [5.74, 6) is -1.03. The second-order valence-corrected chi connectivity index (χ2v) is 6.54. The smallest absolute Gasteiger partial charge is 0.251 e. The minimum Gasteiger partial charge on any atom is -0.376 e. The summed E-state index contributed by atoms with van der Waals surface area (Å²) in [6.07, 6.45) is 3.04. The van der Waals surface area contributed by atoms with Crippen LogP contribution in [0.2, 0.25) is 5.02 Å². The molecule has 0 bridgehead atoms. The summed E-state index contributed by atoms with van der Waals surface area (Å²) in [6.45, 7) is 0.966. The Morgan fingerprint density at radius 2 is 2.00 bits per heavy atom. The fourth-order valence-corrected chi connectivity index (χ4v) is 3.09. The van der Waals surface area contributed by atoms with E-state index in [1.807, 2.05) is 0 Å². The van der Waals surface area contributed by atoms with Crippen molar-refractivity contribution < 1.29 is 14.3 Å². The molecule has 1 aliphatic rings. The van der Waals surface area contributed by atoms with Gasteiger partial charge in [0.2, 0.25) is 0 Å². The lowest BCUT2D eigenvalue weighted by molar-refractivity contribution is -0.123. The zero-order chi connectivity index (χ0) is 18.5. The van der Waals surface area contributed by atoms with E-state index in [0.717, 1.165) is 17.4 Å². The Kier molecular flexibility index (Phi) is 5.85. The lowest BCUT2D eigenvalue weighted by Crippen LogP contribution is -2.43. The van der Waals surface area contributed by atoms with Crippen LogP contribution in [0, 0.1) is 0 Å². The Labute approximate surface area is 155 Å². The third-order valence-corrected chi connectivity index (χ3v) is 4.49. The van der Waals surface area contributed by atoms with Gasteiger partial charge in [-0.25, -0.2) is 0 Å². The molecule has 1 fully saturated rings. The summed E-state index contributed by atoms with van der Waals surface area (Å²) >= 11 is 5.97. The van der Waals surface area contributed by atoms with Crippen molar-refractivity contribution in [3.63, 3.8) is 0 Å². The normalized spacial score (nSPS) is 17.7. The maximum Gasteiger partial charge on any atom is 0.251 e. The van der Waals surface area contributed by atoms with E-state index in [9.17, 15) is 14.4 Å². The number of carbonyl (C=O) groups excluding carboxylic acids is 2. The molecule has 3 rings (SSSR count). The first-order chi connectivity index (χ1) is 12.6. The number of ether oxygens (including phenoxy) is 1. The molecule has 0 radical (unpaired) electrons. The predicted octanol–water partition coefficient (Wildman–Crippen LogP) is 2.22. The highest BCUT2D eigenvalue weighted by Gasteiger charge is 2.31. The van der Waals surface area contributed by atoms with Gasteiger partial charge in [0.25, 0.3) is 11.5 Å². The van der Waals surface area contributed by atoms with Crippen LogP contribution in [0.25, 0.3) is 0 Å². The highest BCUT2D eigenvalue weighted by atomic mass is 35.5. The van der Waals surface area contributed by atoms with Crippen LogP contribution in [0.15, 0.2) is 53.5 Å². The van der Waals surface area contributed by atoms with Gasteiger partial charge in [-0.2, -0.15) is 0 Å². The van der Waals surface area contributed by atoms with E-state index in [2.05, 4.69) is 5.32 Å². The van der Waals surface area contributed by atoms with E-state index >= 15 is 0 Å². The molecular formula is C19H19ClN2O4. The molecule has 1 aromatic heterocycles. The first-order valence-electron chi connectivity index (χ1n) is 8.42. The number of benzene rings is 1. The van der Waals surface area contributed by atoms with Gasteiger partial charge in [-0.05, 0) is 18.9 Å². The summed E-state index contributed by atoms with van der Waals surface area (Å²) in [6, 6.07) is 9.73. The van der Waals surface area contributed by atoms with Crippen LogP contribution in [0.5, 0.6) is 0 Å². The fraction of sp³-hybridized carbons (Fsp3) is 0.316. The number of aromatic nitrogens is 1. The van der Waals surface area contributed by atoms with Gasteiger partial charge in [-0.15, -0.1) is 0 Å². The van der Waals surface area contributed by atoms with E-state index in [1.165, 1.54) is 18.3 Å². The molecule has 1 aromatic carbocycles. The molecule has 2 aromatic rings. The van der Waals surface area contributed by atoms with Crippen LogP contribution in [0.3, 0.4) is 0 Å². The molecule has 0 aliphatic carbocycles. The zero-order valence-electron chi connectivity index (χ0n) is 14.1. The van der Waals surface area contributed by atoms with Gasteiger partial charge in [0.05, 0.1) is 11.1 Å². The predicted molar refractivity (Wildman–Crippen MR) is 97.5 cm³/mol. The Morgan fingerprint density at radius 1 is 1.23 bits per heavy atom. The van der Waals surface area contributed by atoms with Gasteiger partial charge < -0.3 is 10.1 Å². The van der Waals surface area contributed by atoms with Gasteiger partial charge in [-0.1, -0.05) is 41.9 Å². The summed E-state index contributed by atoms with van der Waals surface area (Å²) in [4.78, 5) is 38.0. The Bertz CT molecular complexity index is 844. The average molecular weight is 375 g/mol. The number of rotatable bonds is 6. The molecule has 26 heavy (non-hydrogen) atoms. The second-order valence-electron chi connectivity index (χ2n) is 6.11. The molecule has 0 unspecified atom stereocenters. The quantitative estimate of drug-likeness (QED) is 0.621. The number of nitrogens with one attached hydrogen (secondary N) is 1. The molecule has 2 heterocycles. The van der Waals surface area contributed by atoms with Crippen molar-refractivity contribution in [1.82, 2.24) is 9.88 Å². The van der Waals surface area contributed by atoms with Crippen molar-refractivity contribution in [2.24, 2.45) is 0 Å². The average Bonchev–Trinajstić information content (AvgIpc) is 3.17. The molecule has 2 atom stereocenters. The molecule has 1 N–H and O–H groups in total. The minimum atomic E-state index is -1.33. The van der Waals surface area contributed by atoms with Crippen LogP contribution < -0.4 is 10.9 Å². The lowest BCUT2D eigenvalue weighted by atomic mass is 10.0. The Morgan fingerprint density at radius 3 is 2.69 bits per heavy atom. The number of hydrogen-bond donors (Lipinski definition) is 1. The number of Topliss-reactive ketones (excluding diaryl/α,β-unsaturated/α-hetero) is 1. The molecule has 1 saturated heterocycles. The second kappa shape index (κ2) is 8.29. The van der Waals surface area contributed by atoms with Crippen LogP contribution in [-0.2, 0) is 9.53 Å². The third kappa shape index (κ3) is 4.20. The molecular weight excluding hydrogens is 356 g/mol. The summed E-state index contributed by atoms with van der Waals surface area (Å²) in [5.41, 5.74) is -0.132. The number of nitrogens with zero attached hydrogens (tertiary/aromatic N) is 1. The van der Waals surface area contributed by atoms with E-state index in [0.29, 0.717) is 18.7 Å². The maximum absolute atomic E-state index is 13.0. The minimum absolute atomic E-state index is 0.0671. The fourth-order valence-electron chi connectivity index (χ4n) is 2.93. The van der Waals surface area contributed by atoms with Crippen molar-refractivity contribution in [2.45, 2.75) is 25.0 Å². The molecule has 6 nitrogen and oxygen atoms in total. The van der Waals surface area contributed by atoms with Crippen molar-refractivity contribution in [3.05, 3.63) is 69.6 Å². The molecule has 1 aliphatic heterocycles. The summed E-state index contributed by atoms with van der Waals surface area (Å²) in [5, 5.41) is 3.00. The highest BCUT2D eigenvalue weighted by Crippen LogP contribution is 2.17. The number of pyridine rings is 1. The first-order valence-corrected chi connectivity index (χ1v) is 8.80. The van der Waals surface area contributed by atoms with Gasteiger partial charge >= 0.3 is 0 Å². The molecule has 0 saturated carbocycles. The van der Waals surface area contributed by atoms with Crippen molar-refractivity contribution in [3.8, 4) is 0 Å². The van der Waals surface area contributed by atoms with Gasteiger partial charge in [-0.3, -0.25) is 19.0 Å². The largest absolute Gasteiger partial charge is 0.376 e. The monoisotopic (exact) mass is 374 g/mol. The molecule has 7 heteroatoms. The van der Waals surface area contributed by atoms with Crippen LogP contribution in [0.4, 0.5) is 0 Å². The van der Waals surface area contributed by atoms with Crippen molar-refractivity contribution >= 4 is 23.3 Å². The van der Waals surface area contributed by atoms with Crippen LogP contribution >= 0.6 is 11.6 Å². The summed E-state index contributed by atoms with van der Waals surface area (Å²) < 4.78 is 6.56. The number of hydrogen-bond acceptors (Lipinski definition) is 4. The van der Waals surface area contributed by atoms with Gasteiger partial charge in [0.1, 0.15) is 0 Å². The van der Waals surface area contributed by atoms with Gasteiger partial charge in [0, 0.05) is 31.0 Å². The van der Waals surface area contributed by atoms with E-state index < -0.39 is 23.3 Å². The number of carbonyl (C=O) groups is 2. The van der Waals surface area contributed by atoms with E-state index in [-0.39, 0.29) is 11.1 Å². The van der Waals surface area contributed by atoms with E-state index in [1.54, 1.807) is 30.3 Å². The summed E-state index contributed by atoms with van der Waals surface area (Å²) in [7, 11) is 0. The lowest BCUT2D eigenvalue weighted by Gasteiger charge is -2.20. The highest BCUT2D eigenvalue weighted by molar-refractivity contribution is 6.30. The van der Waals surface area contributed by atoms with Crippen LogP contribution in [0.1, 0.15) is 29.2 Å². The van der Waals surface area contributed by atoms with Crippen LogP contribution in [-0.4, -0.2) is 35.5 Å². The molecule has 0 spiro atoms. The molecule has 1 amide bonds. The van der Waals surface area contributed by atoms with Gasteiger partial charge in [0.15, 0.2) is 11.8 Å². The zero-order valence-corrected chi connectivity index (χ0v) is 14.8. The third-order valence-electron chi connectivity index (χ3n) is 4.26. The van der Waals surface area contributed by atoms with Crippen molar-refractivity contribution in [2.75, 3.05) is 13.2 Å². The van der Waals surface area contributed by atoms with Crippen molar-refractivity contribution in [1.29, 1.82) is 0 Å². The molecule has 136 valence electrons. The number of ketones is 1. The topological polar surface area (TPSA) is 77.4 Å². The first kappa shape index (κ1) is 18.4.